The van der Waals surface area contributed by atoms with Crippen molar-refractivity contribution < 1.29 is 4.79 Å². The molecule has 0 unspecified atom stereocenters. The quantitative estimate of drug-likeness (QED) is 0.641. The Balaban J connectivity index is 1.56. The van der Waals surface area contributed by atoms with Gasteiger partial charge in [-0.2, -0.15) is 4.98 Å². The molecule has 136 valence electrons. The molecule has 0 atom stereocenters. The third-order valence-electron chi connectivity index (χ3n) is 3.99. The van der Waals surface area contributed by atoms with Crippen LogP contribution in [0.15, 0.2) is 35.5 Å². The Bertz CT molecular complexity index is 904. The van der Waals surface area contributed by atoms with Crippen molar-refractivity contribution in [3.05, 3.63) is 47.3 Å². The molecule has 0 saturated heterocycles. The number of aromatic nitrogens is 4. The molecule has 1 amide bonds. The summed E-state index contributed by atoms with van der Waals surface area (Å²) in [4.78, 5) is 20.9. The molecule has 1 aromatic carbocycles. The third kappa shape index (κ3) is 4.60. The molecule has 0 saturated carbocycles. The van der Waals surface area contributed by atoms with Crippen LogP contribution in [0, 0.1) is 13.8 Å². The number of carbonyl (C=O) groups excluding carboxylic acids is 1. The molecule has 0 bridgehead atoms. The van der Waals surface area contributed by atoms with Gasteiger partial charge >= 0.3 is 0 Å². The zero-order valence-electron chi connectivity index (χ0n) is 15.3. The maximum Gasteiger partial charge on any atom is 0.253 e. The molecule has 0 aliphatic rings. The first-order valence-electron chi connectivity index (χ1n) is 8.78. The maximum absolute atomic E-state index is 12.2. The van der Waals surface area contributed by atoms with Crippen LogP contribution in [0.1, 0.15) is 36.7 Å². The van der Waals surface area contributed by atoms with Crippen LogP contribution >= 0.6 is 11.8 Å². The lowest BCUT2D eigenvalue weighted by atomic mass is 10.1. The summed E-state index contributed by atoms with van der Waals surface area (Å²) >= 11 is 1.31. The number of unbranched alkanes of at least 4 members (excludes halogenated alkanes) is 1. The number of nitrogens with zero attached hydrogens (tertiary/aromatic N) is 4. The molecule has 0 fully saturated rings. The van der Waals surface area contributed by atoms with Gasteiger partial charge in [0.05, 0.1) is 5.75 Å². The molecule has 2 aromatic heterocycles. The van der Waals surface area contributed by atoms with Crippen molar-refractivity contribution in [3.8, 4) is 0 Å². The van der Waals surface area contributed by atoms with Gasteiger partial charge in [-0.3, -0.25) is 4.79 Å². The second-order valence-corrected chi connectivity index (χ2v) is 7.22. The van der Waals surface area contributed by atoms with Gasteiger partial charge in [0.25, 0.3) is 5.78 Å². The largest absolute Gasteiger partial charge is 0.325 e. The zero-order chi connectivity index (χ0) is 18.5. The zero-order valence-corrected chi connectivity index (χ0v) is 16.1. The average Bonchev–Trinajstić information content (AvgIpc) is 3.03. The summed E-state index contributed by atoms with van der Waals surface area (Å²) in [5.74, 6) is 0.746. The Morgan fingerprint density at radius 2 is 1.96 bits per heavy atom. The van der Waals surface area contributed by atoms with Crippen molar-refractivity contribution in [2.24, 2.45) is 0 Å². The summed E-state index contributed by atoms with van der Waals surface area (Å²) in [6.45, 7) is 6.07. The van der Waals surface area contributed by atoms with E-state index in [0.29, 0.717) is 10.9 Å². The molecular formula is C19H23N5OS. The molecule has 1 N–H and O–H groups in total. The first-order chi connectivity index (χ1) is 12.5. The van der Waals surface area contributed by atoms with E-state index < -0.39 is 0 Å². The fraction of sp³-hybridized carbons (Fsp3) is 0.368. The second-order valence-electron chi connectivity index (χ2n) is 6.28. The lowest BCUT2D eigenvalue weighted by Gasteiger charge is -2.05. The Morgan fingerprint density at radius 1 is 1.19 bits per heavy atom. The van der Waals surface area contributed by atoms with Gasteiger partial charge in [0.2, 0.25) is 11.1 Å². The molecule has 3 rings (SSSR count). The van der Waals surface area contributed by atoms with Crippen molar-refractivity contribution in [1.82, 2.24) is 19.6 Å². The van der Waals surface area contributed by atoms with Gasteiger partial charge in [-0.25, -0.2) is 9.50 Å². The number of nitrogens with one attached hydrogen (secondary N) is 1. The van der Waals surface area contributed by atoms with Gasteiger partial charge in [-0.1, -0.05) is 37.2 Å². The van der Waals surface area contributed by atoms with Crippen LogP contribution < -0.4 is 5.32 Å². The molecular weight excluding hydrogens is 346 g/mol. The molecule has 0 spiro atoms. The van der Waals surface area contributed by atoms with E-state index in [0.717, 1.165) is 23.5 Å². The number of carbonyl (C=O) groups is 1. The number of hydrogen-bond donors (Lipinski definition) is 1. The fourth-order valence-electron chi connectivity index (χ4n) is 2.67. The highest BCUT2D eigenvalue weighted by Gasteiger charge is 2.10. The van der Waals surface area contributed by atoms with Crippen LogP contribution in [-0.2, 0) is 11.2 Å². The Labute approximate surface area is 157 Å². The minimum Gasteiger partial charge on any atom is -0.325 e. The monoisotopic (exact) mass is 369 g/mol. The molecule has 0 radical (unpaired) electrons. The first kappa shape index (κ1) is 18.4. The number of aryl methyl sites for hydroxylation is 3. The predicted molar refractivity (Wildman–Crippen MR) is 105 cm³/mol. The minimum absolute atomic E-state index is 0.0731. The fourth-order valence-corrected chi connectivity index (χ4v) is 3.29. The molecule has 7 heteroatoms. The second kappa shape index (κ2) is 8.31. The Kier molecular flexibility index (Phi) is 5.88. The minimum atomic E-state index is -0.0731. The summed E-state index contributed by atoms with van der Waals surface area (Å²) in [6, 6.07) is 9.99. The maximum atomic E-state index is 12.2. The lowest BCUT2D eigenvalue weighted by Crippen LogP contribution is -2.14. The number of amides is 1. The standard InChI is InChI=1S/C19H23N5OS/c1-4-5-6-15-7-9-16(10-8-15)21-17(25)12-26-19-22-18-20-13(2)11-14(3)24(18)23-19/h7-11H,4-6,12H2,1-3H3,(H,21,25). The van der Waals surface area contributed by atoms with E-state index in [2.05, 4.69) is 39.4 Å². The van der Waals surface area contributed by atoms with E-state index in [1.54, 1.807) is 4.52 Å². The van der Waals surface area contributed by atoms with Crippen molar-refractivity contribution in [2.45, 2.75) is 45.2 Å². The van der Waals surface area contributed by atoms with E-state index in [9.17, 15) is 4.79 Å². The van der Waals surface area contributed by atoms with Gasteiger partial charge in [-0.05, 0) is 50.5 Å². The molecule has 26 heavy (non-hydrogen) atoms. The van der Waals surface area contributed by atoms with Gasteiger partial charge in [0.1, 0.15) is 0 Å². The van der Waals surface area contributed by atoms with E-state index in [1.165, 1.54) is 30.2 Å². The van der Waals surface area contributed by atoms with Crippen LogP contribution in [0.2, 0.25) is 0 Å². The van der Waals surface area contributed by atoms with Crippen molar-refractivity contribution in [1.29, 1.82) is 0 Å². The summed E-state index contributed by atoms with van der Waals surface area (Å²) in [5.41, 5.74) is 3.98. The van der Waals surface area contributed by atoms with Crippen LogP contribution in [0.25, 0.3) is 5.78 Å². The average molecular weight is 369 g/mol. The molecule has 0 aliphatic carbocycles. The number of rotatable bonds is 7. The van der Waals surface area contributed by atoms with Crippen LogP contribution in [0.4, 0.5) is 5.69 Å². The highest BCUT2D eigenvalue weighted by molar-refractivity contribution is 7.99. The van der Waals surface area contributed by atoms with E-state index in [1.807, 2.05) is 32.0 Å². The summed E-state index contributed by atoms with van der Waals surface area (Å²) < 4.78 is 1.70. The van der Waals surface area contributed by atoms with E-state index >= 15 is 0 Å². The van der Waals surface area contributed by atoms with Crippen molar-refractivity contribution in [2.75, 3.05) is 11.1 Å². The summed E-state index contributed by atoms with van der Waals surface area (Å²) in [7, 11) is 0. The van der Waals surface area contributed by atoms with Crippen LogP contribution in [0.5, 0.6) is 0 Å². The SMILES string of the molecule is CCCCc1ccc(NC(=O)CSc2nc3nc(C)cc(C)n3n2)cc1. The van der Waals surface area contributed by atoms with Crippen molar-refractivity contribution in [3.63, 3.8) is 0 Å². The van der Waals surface area contributed by atoms with Gasteiger partial charge < -0.3 is 5.32 Å². The Hall–Kier alpha value is -2.41. The van der Waals surface area contributed by atoms with Gasteiger partial charge in [0.15, 0.2) is 0 Å². The molecule has 6 nitrogen and oxygen atoms in total. The molecule has 3 aromatic rings. The number of thioether (sulfide) groups is 1. The van der Waals surface area contributed by atoms with E-state index in [-0.39, 0.29) is 11.7 Å². The number of anilines is 1. The molecule has 2 heterocycles. The lowest BCUT2D eigenvalue weighted by molar-refractivity contribution is -0.113. The molecule has 0 aliphatic heterocycles. The first-order valence-corrected chi connectivity index (χ1v) is 9.76. The van der Waals surface area contributed by atoms with Crippen molar-refractivity contribution >= 4 is 29.1 Å². The summed E-state index contributed by atoms with van der Waals surface area (Å²) in [6.07, 6.45) is 3.44. The highest BCUT2D eigenvalue weighted by Crippen LogP contribution is 2.17. The number of benzene rings is 1. The number of fused-ring (bicyclic) bond motifs is 1. The van der Waals surface area contributed by atoms with Gasteiger partial charge in [0, 0.05) is 17.1 Å². The summed E-state index contributed by atoms with van der Waals surface area (Å²) in [5, 5.41) is 7.86. The van der Waals surface area contributed by atoms with Crippen LogP contribution in [-0.4, -0.2) is 31.2 Å². The Morgan fingerprint density at radius 3 is 2.69 bits per heavy atom. The number of hydrogen-bond acceptors (Lipinski definition) is 5. The highest BCUT2D eigenvalue weighted by atomic mass is 32.2. The smallest absolute Gasteiger partial charge is 0.253 e. The topological polar surface area (TPSA) is 72.2 Å². The third-order valence-corrected chi connectivity index (χ3v) is 4.83. The predicted octanol–water partition coefficient (Wildman–Crippen LogP) is 3.81. The van der Waals surface area contributed by atoms with E-state index in [4.69, 9.17) is 0 Å². The van der Waals surface area contributed by atoms with Gasteiger partial charge in [-0.15, -0.1) is 5.10 Å². The normalized spacial score (nSPS) is 11.0. The van der Waals surface area contributed by atoms with Crippen LogP contribution in [0.3, 0.4) is 0 Å².